The Bertz CT molecular complexity index is 1300. The van der Waals surface area contributed by atoms with Crippen molar-refractivity contribution in [1.82, 2.24) is 25.1 Å². The average molecular weight is 554 g/mol. The number of benzene rings is 2. The third-order valence-corrected chi connectivity index (χ3v) is 7.44. The maximum atomic E-state index is 14.2. The molecular weight excluding hydrogens is 514 g/mol. The van der Waals surface area contributed by atoms with Gasteiger partial charge in [0.15, 0.2) is 0 Å². The number of nitrogens with zero attached hydrogens (tertiary/aromatic N) is 4. The van der Waals surface area contributed by atoms with Gasteiger partial charge in [-0.25, -0.2) is 4.98 Å². The largest absolute Gasteiger partial charge is 0.338 e. The minimum absolute atomic E-state index is 0.0546. The third-order valence-electron chi connectivity index (χ3n) is 7.44. The lowest BCUT2D eigenvalue weighted by atomic mass is 9.91. The lowest BCUT2D eigenvalue weighted by molar-refractivity contribution is -0.146. The van der Waals surface area contributed by atoms with Crippen molar-refractivity contribution < 1.29 is 14.4 Å². The van der Waals surface area contributed by atoms with Crippen LogP contribution in [-0.2, 0) is 22.4 Å². The first-order chi connectivity index (χ1) is 20.0. The van der Waals surface area contributed by atoms with E-state index >= 15 is 0 Å². The summed E-state index contributed by atoms with van der Waals surface area (Å²) < 4.78 is 0. The summed E-state index contributed by atoms with van der Waals surface area (Å²) in [5, 5.41) is 2.87. The minimum atomic E-state index is -0.894. The summed E-state index contributed by atoms with van der Waals surface area (Å²) in [6.45, 7) is 4.72. The summed E-state index contributed by atoms with van der Waals surface area (Å²) >= 11 is 0. The molecule has 1 N–H and O–H groups in total. The molecule has 0 bridgehead atoms. The van der Waals surface area contributed by atoms with Crippen LogP contribution in [0.1, 0.15) is 61.1 Å². The summed E-state index contributed by atoms with van der Waals surface area (Å²) in [5.41, 5.74) is 2.25. The Kier molecular flexibility index (Phi) is 10.8. The minimum Gasteiger partial charge on any atom is -0.338 e. The number of unbranched alkanes of at least 4 members (excludes halogenated alkanes) is 1. The molecule has 0 aliphatic carbocycles. The molecule has 1 aromatic heterocycles. The number of aromatic nitrogens is 2. The van der Waals surface area contributed by atoms with Crippen molar-refractivity contribution in [3.05, 3.63) is 108 Å². The molecule has 0 radical (unpaired) electrons. The van der Waals surface area contributed by atoms with Crippen LogP contribution >= 0.6 is 0 Å². The fourth-order valence-electron chi connectivity index (χ4n) is 5.18. The van der Waals surface area contributed by atoms with Crippen LogP contribution in [-0.4, -0.2) is 56.1 Å². The van der Waals surface area contributed by atoms with Gasteiger partial charge in [-0.15, -0.1) is 0 Å². The van der Waals surface area contributed by atoms with Crippen molar-refractivity contribution in [2.45, 2.75) is 64.5 Å². The van der Waals surface area contributed by atoms with Crippen LogP contribution in [0.5, 0.6) is 0 Å². The van der Waals surface area contributed by atoms with Gasteiger partial charge >= 0.3 is 0 Å². The van der Waals surface area contributed by atoms with Gasteiger partial charge in [0.1, 0.15) is 17.8 Å². The molecule has 3 atom stereocenters. The molecule has 4 rings (SSSR count). The average Bonchev–Trinajstić information content (AvgIpc) is 3.01. The molecule has 41 heavy (non-hydrogen) atoms. The van der Waals surface area contributed by atoms with E-state index in [1.165, 1.54) is 24.2 Å². The number of hydrogen-bond donors (Lipinski definition) is 1. The zero-order chi connectivity index (χ0) is 29.0. The van der Waals surface area contributed by atoms with Crippen LogP contribution in [0.4, 0.5) is 0 Å². The van der Waals surface area contributed by atoms with E-state index in [0.29, 0.717) is 6.54 Å². The van der Waals surface area contributed by atoms with Crippen LogP contribution in [0.2, 0.25) is 0 Å². The summed E-state index contributed by atoms with van der Waals surface area (Å²) in [6, 6.07) is 18.2. The van der Waals surface area contributed by atoms with Crippen molar-refractivity contribution in [2.24, 2.45) is 5.92 Å². The topological polar surface area (TPSA) is 95.5 Å². The highest BCUT2D eigenvalue weighted by atomic mass is 16.2. The van der Waals surface area contributed by atoms with Crippen molar-refractivity contribution in [3.63, 3.8) is 0 Å². The Morgan fingerprint density at radius 2 is 1.66 bits per heavy atom. The summed E-state index contributed by atoms with van der Waals surface area (Å²) in [5.74, 6) is -0.955. The molecule has 1 aliphatic rings. The lowest BCUT2D eigenvalue weighted by Gasteiger charge is -2.40. The zero-order valence-corrected chi connectivity index (χ0v) is 23.9. The first-order valence-electron chi connectivity index (χ1n) is 14.4. The molecule has 0 saturated heterocycles. The maximum Gasteiger partial charge on any atom is 0.272 e. The second-order valence-corrected chi connectivity index (χ2v) is 10.5. The smallest absolute Gasteiger partial charge is 0.272 e. The van der Waals surface area contributed by atoms with Gasteiger partial charge in [0.2, 0.25) is 11.8 Å². The highest BCUT2D eigenvalue weighted by Crippen LogP contribution is 2.25. The molecule has 8 heteroatoms. The summed E-state index contributed by atoms with van der Waals surface area (Å²) in [4.78, 5) is 52.5. The van der Waals surface area contributed by atoms with Gasteiger partial charge in [0, 0.05) is 37.8 Å². The van der Waals surface area contributed by atoms with Crippen LogP contribution in [0.3, 0.4) is 0 Å². The van der Waals surface area contributed by atoms with Gasteiger partial charge in [0.05, 0.1) is 6.20 Å². The quantitative estimate of drug-likeness (QED) is 0.329. The van der Waals surface area contributed by atoms with Crippen LogP contribution in [0.25, 0.3) is 0 Å². The summed E-state index contributed by atoms with van der Waals surface area (Å²) in [7, 11) is 0. The van der Waals surface area contributed by atoms with Crippen molar-refractivity contribution in [3.8, 4) is 0 Å². The SMILES string of the molecule is CCCC[C@H](C)[C@@H]1C(=O)N(CCCc2ccccc2)C=CN1C(=O)[C@@H](Cc1ccccc1)NC(=O)c1cnccn1. The van der Waals surface area contributed by atoms with Crippen molar-refractivity contribution in [2.75, 3.05) is 6.54 Å². The predicted octanol–water partition coefficient (Wildman–Crippen LogP) is 4.79. The highest BCUT2D eigenvalue weighted by molar-refractivity contribution is 5.98. The number of rotatable bonds is 13. The van der Waals surface area contributed by atoms with Gasteiger partial charge in [-0.1, -0.05) is 87.4 Å². The van der Waals surface area contributed by atoms with Gasteiger partial charge < -0.3 is 15.1 Å². The van der Waals surface area contributed by atoms with Gasteiger partial charge in [-0.3, -0.25) is 19.4 Å². The second kappa shape index (κ2) is 14.9. The highest BCUT2D eigenvalue weighted by Gasteiger charge is 2.40. The third kappa shape index (κ3) is 8.10. The van der Waals surface area contributed by atoms with Crippen molar-refractivity contribution in [1.29, 1.82) is 0 Å². The summed E-state index contributed by atoms with van der Waals surface area (Å²) in [6.07, 6.45) is 12.5. The standard InChI is InChI=1S/C33H39N5O3/c1-3-4-12-25(2)30-33(41)37(20-11-17-26-13-7-5-8-14-26)21-22-38(30)32(40)28(23-27-15-9-6-10-16-27)36-31(39)29-24-34-18-19-35-29/h5-10,13-16,18-19,21-22,24-25,28,30H,3-4,11-12,17,20,23H2,1-2H3,(H,36,39)/t25-,28+,30+/m0/s1. The Balaban J connectivity index is 1.57. The van der Waals surface area contributed by atoms with E-state index in [9.17, 15) is 14.4 Å². The van der Waals surface area contributed by atoms with Crippen LogP contribution < -0.4 is 5.32 Å². The molecule has 2 heterocycles. The van der Waals surface area contributed by atoms with E-state index in [1.807, 2.05) is 55.5 Å². The number of carbonyl (C=O) groups excluding carboxylic acids is 3. The number of nitrogens with one attached hydrogen (secondary N) is 1. The van der Waals surface area contributed by atoms with Crippen LogP contribution in [0.15, 0.2) is 91.7 Å². The van der Waals surface area contributed by atoms with Gasteiger partial charge in [-0.2, -0.15) is 0 Å². The normalized spacial score (nSPS) is 16.3. The molecule has 8 nitrogen and oxygen atoms in total. The van der Waals surface area contributed by atoms with Gasteiger partial charge in [0.25, 0.3) is 5.91 Å². The molecule has 0 unspecified atom stereocenters. The van der Waals surface area contributed by atoms with E-state index in [4.69, 9.17) is 0 Å². The molecule has 3 amide bonds. The molecule has 0 saturated carbocycles. The Hall–Kier alpha value is -4.33. The first kappa shape index (κ1) is 29.6. The fourth-order valence-corrected chi connectivity index (χ4v) is 5.18. The van der Waals surface area contributed by atoms with E-state index in [0.717, 1.165) is 37.7 Å². The number of carbonyl (C=O) groups is 3. The molecule has 0 spiro atoms. The van der Waals surface area contributed by atoms with E-state index in [2.05, 4.69) is 34.3 Å². The molecule has 0 fully saturated rings. The molecule has 2 aromatic carbocycles. The lowest BCUT2D eigenvalue weighted by Crippen LogP contribution is -2.58. The Morgan fingerprint density at radius 1 is 0.951 bits per heavy atom. The zero-order valence-electron chi connectivity index (χ0n) is 23.9. The van der Waals surface area contributed by atoms with E-state index in [1.54, 1.807) is 22.2 Å². The maximum absolute atomic E-state index is 14.2. The Morgan fingerprint density at radius 3 is 2.32 bits per heavy atom. The van der Waals surface area contributed by atoms with Crippen molar-refractivity contribution >= 4 is 17.7 Å². The first-order valence-corrected chi connectivity index (χ1v) is 14.4. The molecular formula is C33H39N5O3. The number of amides is 3. The molecule has 214 valence electrons. The Labute approximate surface area is 242 Å². The predicted molar refractivity (Wildman–Crippen MR) is 158 cm³/mol. The fraction of sp³-hybridized carbons (Fsp3) is 0.364. The monoisotopic (exact) mass is 553 g/mol. The van der Waals surface area contributed by atoms with Gasteiger partial charge in [-0.05, 0) is 36.3 Å². The van der Waals surface area contributed by atoms with Crippen LogP contribution in [0, 0.1) is 5.92 Å². The van der Waals surface area contributed by atoms with E-state index in [-0.39, 0.29) is 29.8 Å². The molecule has 3 aromatic rings. The van der Waals surface area contributed by atoms with E-state index < -0.39 is 18.0 Å². The number of hydrogen-bond acceptors (Lipinski definition) is 5. The number of aryl methyl sites for hydroxylation is 1. The molecule has 1 aliphatic heterocycles. The second-order valence-electron chi connectivity index (χ2n) is 10.5.